The average molecular weight is 295 g/mol. The maximum Gasteiger partial charge on any atom is 0.162 e. The van der Waals surface area contributed by atoms with Crippen molar-refractivity contribution >= 4 is 0 Å². The van der Waals surface area contributed by atoms with E-state index in [0.29, 0.717) is 12.6 Å². The lowest BCUT2D eigenvalue weighted by molar-refractivity contribution is 0.127. The molecule has 5 nitrogen and oxygen atoms in total. The first-order chi connectivity index (χ1) is 9.98. The Hall–Kier alpha value is -0.910. The first-order valence-corrected chi connectivity index (χ1v) is 7.90. The molecule has 1 N–H and O–H groups in total. The molecule has 21 heavy (non-hydrogen) atoms. The van der Waals surface area contributed by atoms with Crippen molar-refractivity contribution in [3.63, 3.8) is 0 Å². The van der Waals surface area contributed by atoms with Crippen LogP contribution in [-0.4, -0.2) is 41.8 Å². The molecular formula is C16H29N3O2. The molecule has 0 aliphatic carbocycles. The quantitative estimate of drug-likeness (QED) is 0.874. The van der Waals surface area contributed by atoms with Crippen molar-refractivity contribution in [2.45, 2.75) is 64.8 Å². The average Bonchev–Trinajstić information content (AvgIpc) is 2.85. The Bertz CT molecular complexity index is 425. The summed E-state index contributed by atoms with van der Waals surface area (Å²) in [5.74, 6) is 0.800. The largest absolute Gasteiger partial charge is 0.377 e. The van der Waals surface area contributed by atoms with E-state index in [2.05, 4.69) is 36.1 Å². The fraction of sp³-hybridized carbons (Fsp3) is 0.812. The minimum absolute atomic E-state index is 0.169. The molecule has 1 unspecified atom stereocenters. The summed E-state index contributed by atoms with van der Waals surface area (Å²) in [4.78, 5) is 2.52. The number of likely N-dealkylation sites (tertiary alicyclic amines) is 1. The molecule has 0 aromatic carbocycles. The lowest BCUT2D eigenvalue weighted by Gasteiger charge is -2.37. The van der Waals surface area contributed by atoms with Crippen molar-refractivity contribution < 1.29 is 9.26 Å². The third kappa shape index (κ3) is 5.41. The zero-order chi connectivity index (χ0) is 15.3. The molecule has 120 valence electrons. The Morgan fingerprint density at radius 1 is 1.43 bits per heavy atom. The van der Waals surface area contributed by atoms with Crippen LogP contribution in [0.4, 0.5) is 0 Å². The van der Waals surface area contributed by atoms with E-state index in [1.54, 1.807) is 7.11 Å². The van der Waals surface area contributed by atoms with E-state index in [1.165, 1.54) is 19.3 Å². The molecule has 0 spiro atoms. The van der Waals surface area contributed by atoms with Gasteiger partial charge in [-0.05, 0) is 40.2 Å². The van der Waals surface area contributed by atoms with Crippen molar-refractivity contribution in [2.24, 2.45) is 0 Å². The van der Waals surface area contributed by atoms with Gasteiger partial charge in [-0.2, -0.15) is 0 Å². The Morgan fingerprint density at radius 3 is 2.95 bits per heavy atom. The summed E-state index contributed by atoms with van der Waals surface area (Å²) in [6.45, 7) is 10.2. The van der Waals surface area contributed by atoms with Gasteiger partial charge in [0.25, 0.3) is 0 Å². The van der Waals surface area contributed by atoms with Crippen molar-refractivity contribution in [3.05, 3.63) is 17.5 Å². The molecule has 1 atom stereocenters. The van der Waals surface area contributed by atoms with Crippen LogP contribution in [0.1, 0.15) is 51.5 Å². The van der Waals surface area contributed by atoms with E-state index in [4.69, 9.17) is 9.26 Å². The lowest BCUT2D eigenvalue weighted by Crippen LogP contribution is -2.49. The van der Waals surface area contributed by atoms with Crippen molar-refractivity contribution in [1.82, 2.24) is 15.4 Å². The van der Waals surface area contributed by atoms with Crippen LogP contribution in [0, 0.1) is 0 Å². The first kappa shape index (κ1) is 16.5. The van der Waals surface area contributed by atoms with E-state index < -0.39 is 0 Å². The molecule has 1 aromatic heterocycles. The van der Waals surface area contributed by atoms with Crippen molar-refractivity contribution in [2.75, 3.05) is 20.2 Å². The number of piperidine rings is 1. The number of nitrogens with one attached hydrogen (secondary N) is 1. The summed E-state index contributed by atoms with van der Waals surface area (Å²) in [6.07, 6.45) is 3.85. The van der Waals surface area contributed by atoms with Crippen LogP contribution in [0.25, 0.3) is 0 Å². The van der Waals surface area contributed by atoms with Crippen molar-refractivity contribution in [1.29, 1.82) is 0 Å². The minimum atomic E-state index is 0.169. The molecule has 2 heterocycles. The monoisotopic (exact) mass is 295 g/mol. The fourth-order valence-corrected chi connectivity index (χ4v) is 2.77. The van der Waals surface area contributed by atoms with E-state index in [9.17, 15) is 0 Å². The minimum Gasteiger partial charge on any atom is -0.377 e. The Kier molecular flexibility index (Phi) is 5.79. The van der Waals surface area contributed by atoms with Crippen LogP contribution in [0.2, 0.25) is 0 Å². The highest BCUT2D eigenvalue weighted by molar-refractivity contribution is 5.05. The number of rotatable bonds is 6. The normalized spacial score (nSPS) is 20.9. The van der Waals surface area contributed by atoms with E-state index in [-0.39, 0.29) is 5.54 Å². The number of hydrogen-bond donors (Lipinski definition) is 1. The molecule has 0 amide bonds. The summed E-state index contributed by atoms with van der Waals surface area (Å²) < 4.78 is 10.3. The third-order valence-corrected chi connectivity index (χ3v) is 3.88. The number of nitrogens with zero attached hydrogens (tertiary/aromatic N) is 2. The molecule has 5 heteroatoms. The Balaban J connectivity index is 1.91. The maximum absolute atomic E-state index is 5.28. The number of methoxy groups -OCH3 is 1. The van der Waals surface area contributed by atoms with Crippen LogP contribution < -0.4 is 5.32 Å². The van der Waals surface area contributed by atoms with Crippen LogP contribution in [0.3, 0.4) is 0 Å². The summed E-state index contributed by atoms with van der Waals surface area (Å²) in [6, 6.07) is 2.59. The summed E-state index contributed by atoms with van der Waals surface area (Å²) in [5, 5.41) is 7.78. The fourth-order valence-electron chi connectivity index (χ4n) is 2.77. The maximum atomic E-state index is 5.28. The SMILES string of the molecule is COCc1cc(CN2CCCCC2CNC(C)(C)C)no1. The molecule has 1 fully saturated rings. The highest BCUT2D eigenvalue weighted by atomic mass is 16.5. The molecule has 2 rings (SSSR count). The summed E-state index contributed by atoms with van der Waals surface area (Å²) >= 11 is 0. The topological polar surface area (TPSA) is 50.5 Å². The van der Waals surface area contributed by atoms with Gasteiger partial charge in [0, 0.05) is 37.8 Å². The number of aromatic nitrogens is 1. The summed E-state index contributed by atoms with van der Waals surface area (Å²) in [5.41, 5.74) is 1.17. The third-order valence-electron chi connectivity index (χ3n) is 3.88. The molecule has 1 aliphatic heterocycles. The van der Waals surface area contributed by atoms with E-state index in [0.717, 1.165) is 31.1 Å². The lowest BCUT2D eigenvalue weighted by atomic mass is 10.00. The second-order valence-corrected chi connectivity index (χ2v) is 6.97. The standard InChI is InChI=1S/C16H29N3O2/c1-16(2,3)17-10-14-7-5-6-8-19(14)11-13-9-15(12-20-4)21-18-13/h9,14,17H,5-8,10-12H2,1-4H3. The van der Waals surface area contributed by atoms with E-state index in [1.807, 2.05) is 6.07 Å². The Labute approximate surface area is 128 Å². The van der Waals surface area contributed by atoms with Gasteiger partial charge in [0.15, 0.2) is 5.76 Å². The molecule has 0 radical (unpaired) electrons. The summed E-state index contributed by atoms with van der Waals surface area (Å²) in [7, 11) is 1.67. The van der Waals surface area contributed by atoms with Gasteiger partial charge in [-0.3, -0.25) is 4.90 Å². The number of hydrogen-bond acceptors (Lipinski definition) is 5. The molecular weight excluding hydrogens is 266 g/mol. The van der Waals surface area contributed by atoms with Gasteiger partial charge in [0.2, 0.25) is 0 Å². The van der Waals surface area contributed by atoms with Crippen LogP contribution in [0.5, 0.6) is 0 Å². The second kappa shape index (κ2) is 7.38. The van der Waals surface area contributed by atoms with Gasteiger partial charge in [-0.25, -0.2) is 0 Å². The van der Waals surface area contributed by atoms with Gasteiger partial charge in [0.05, 0.1) is 5.69 Å². The van der Waals surface area contributed by atoms with Crippen LogP contribution >= 0.6 is 0 Å². The zero-order valence-electron chi connectivity index (χ0n) is 13.8. The second-order valence-electron chi connectivity index (χ2n) is 6.97. The molecule has 1 aromatic rings. The van der Waals surface area contributed by atoms with Crippen LogP contribution in [0.15, 0.2) is 10.6 Å². The zero-order valence-corrected chi connectivity index (χ0v) is 13.8. The molecule has 0 bridgehead atoms. The van der Waals surface area contributed by atoms with Gasteiger partial charge < -0.3 is 14.6 Å². The van der Waals surface area contributed by atoms with Gasteiger partial charge >= 0.3 is 0 Å². The van der Waals surface area contributed by atoms with Gasteiger partial charge in [0.1, 0.15) is 6.61 Å². The molecule has 0 saturated carbocycles. The van der Waals surface area contributed by atoms with Gasteiger partial charge in [-0.15, -0.1) is 0 Å². The smallest absolute Gasteiger partial charge is 0.162 e. The van der Waals surface area contributed by atoms with E-state index >= 15 is 0 Å². The molecule has 1 saturated heterocycles. The van der Waals surface area contributed by atoms with Gasteiger partial charge in [-0.1, -0.05) is 11.6 Å². The highest BCUT2D eigenvalue weighted by Gasteiger charge is 2.24. The predicted octanol–water partition coefficient (Wildman–Crippen LogP) is 2.56. The predicted molar refractivity (Wildman–Crippen MR) is 83.0 cm³/mol. The van der Waals surface area contributed by atoms with Crippen LogP contribution in [-0.2, 0) is 17.9 Å². The Morgan fingerprint density at radius 2 is 2.24 bits per heavy atom. The number of ether oxygens (including phenoxy) is 1. The van der Waals surface area contributed by atoms with Crippen molar-refractivity contribution in [3.8, 4) is 0 Å². The molecule has 1 aliphatic rings. The first-order valence-electron chi connectivity index (χ1n) is 7.90. The highest BCUT2D eigenvalue weighted by Crippen LogP contribution is 2.20.